The molecule has 1 rings (SSSR count). The second-order valence-corrected chi connectivity index (χ2v) is 1.89. The fraction of sp³-hybridized carbons (Fsp3) is 0.333. The Balaban J connectivity index is 0.000000360. The zero-order valence-electron chi connectivity index (χ0n) is 4.30. The van der Waals surface area contributed by atoms with Gasteiger partial charge in [0.25, 0.3) is 0 Å². The van der Waals surface area contributed by atoms with Crippen molar-refractivity contribution in [2.45, 2.75) is 6.92 Å². The van der Waals surface area contributed by atoms with Gasteiger partial charge in [0.1, 0.15) is 0 Å². The topological polar surface area (TPSA) is 25.8 Å². The molecule has 0 saturated carbocycles. The normalized spacial score (nSPS) is 7.57. The van der Waals surface area contributed by atoms with Crippen LogP contribution in [0.2, 0.25) is 0 Å². The first kappa shape index (κ1) is 8.37. The van der Waals surface area contributed by atoms with Crippen molar-refractivity contribution in [2.75, 3.05) is 0 Å². The van der Waals surface area contributed by atoms with E-state index >= 15 is 0 Å². The Bertz CT molecular complexity index is 116. The van der Waals surface area contributed by atoms with Crippen LogP contribution in [0.1, 0.15) is 5.01 Å². The Morgan fingerprint density at radius 2 is 2.43 bits per heavy atom. The van der Waals surface area contributed by atoms with Gasteiger partial charge < -0.3 is 11.3 Å². The molecule has 1 heterocycles. The molecule has 0 aliphatic carbocycles. The Morgan fingerprint density at radius 3 is 2.57 bits per heavy atom. The van der Waals surface area contributed by atoms with Crippen molar-refractivity contribution >= 4 is 11.3 Å². The van der Waals surface area contributed by atoms with Crippen molar-refractivity contribution in [1.29, 1.82) is 0 Å². The molecular weight excluding hydrogens is 182 g/mol. The van der Waals surface area contributed by atoms with Gasteiger partial charge in [-0.15, -0.1) is 0 Å². The standard InChI is InChI=1S/C3H3N2S.Rb/c1-3-5-4-2-6-3;/h1H3;/q-1;+1. The Kier molecular flexibility index (Phi) is 5.10. The van der Waals surface area contributed by atoms with Crippen LogP contribution in [0, 0.1) is 12.4 Å². The molecule has 0 amide bonds. The molecule has 0 saturated heterocycles. The van der Waals surface area contributed by atoms with Crippen molar-refractivity contribution in [3.8, 4) is 0 Å². The van der Waals surface area contributed by atoms with Crippen LogP contribution in [0.15, 0.2) is 0 Å². The molecule has 4 heteroatoms. The molecule has 0 aliphatic heterocycles. The zero-order chi connectivity index (χ0) is 4.41. The first-order valence-corrected chi connectivity index (χ1v) is 2.37. The molecular formula is C3H3N2RbS. The number of nitrogens with zero attached hydrogens (tertiary/aromatic N) is 2. The molecule has 0 aromatic carbocycles. The molecule has 7 heavy (non-hydrogen) atoms. The van der Waals surface area contributed by atoms with Gasteiger partial charge in [-0.05, 0) is 5.01 Å². The molecule has 0 atom stereocenters. The summed E-state index contributed by atoms with van der Waals surface area (Å²) in [6.07, 6.45) is 0. The third kappa shape index (κ3) is 3.03. The van der Waals surface area contributed by atoms with Gasteiger partial charge >= 0.3 is 58.2 Å². The third-order valence-corrected chi connectivity index (χ3v) is 0.975. The van der Waals surface area contributed by atoms with E-state index in [0.717, 1.165) is 5.01 Å². The van der Waals surface area contributed by atoms with E-state index in [1.165, 1.54) is 11.3 Å². The van der Waals surface area contributed by atoms with E-state index < -0.39 is 0 Å². The summed E-state index contributed by atoms with van der Waals surface area (Å²) in [4.78, 5) is 0. The molecule has 0 spiro atoms. The monoisotopic (exact) mass is 184 g/mol. The predicted molar refractivity (Wildman–Crippen MR) is 23.5 cm³/mol. The van der Waals surface area contributed by atoms with Crippen LogP contribution >= 0.6 is 11.3 Å². The molecule has 32 valence electrons. The SMILES string of the molecule is Cc1nn[c-]s1.[Rb+]. The van der Waals surface area contributed by atoms with Crippen LogP contribution in [0.25, 0.3) is 0 Å². The molecule has 0 fully saturated rings. The van der Waals surface area contributed by atoms with Gasteiger partial charge in [-0.3, -0.25) is 10.2 Å². The molecule has 0 radical (unpaired) electrons. The van der Waals surface area contributed by atoms with Crippen molar-refractivity contribution < 1.29 is 58.2 Å². The minimum atomic E-state index is 0. The van der Waals surface area contributed by atoms with Crippen LogP contribution in [0.3, 0.4) is 0 Å². The average molecular weight is 185 g/mol. The van der Waals surface area contributed by atoms with Crippen molar-refractivity contribution in [2.24, 2.45) is 0 Å². The van der Waals surface area contributed by atoms with Gasteiger partial charge in [-0.25, -0.2) is 0 Å². The number of hydrogen-bond donors (Lipinski definition) is 0. The second-order valence-electron chi connectivity index (χ2n) is 0.912. The summed E-state index contributed by atoms with van der Waals surface area (Å²) in [6, 6.07) is 0. The maximum absolute atomic E-state index is 3.63. The van der Waals surface area contributed by atoms with E-state index in [1.54, 1.807) is 0 Å². The van der Waals surface area contributed by atoms with Gasteiger partial charge in [0.15, 0.2) is 0 Å². The van der Waals surface area contributed by atoms with Crippen LogP contribution in [0.5, 0.6) is 0 Å². The van der Waals surface area contributed by atoms with E-state index in [0.29, 0.717) is 0 Å². The minimum absolute atomic E-state index is 0. The Morgan fingerprint density at radius 1 is 1.71 bits per heavy atom. The van der Waals surface area contributed by atoms with Gasteiger partial charge in [0.2, 0.25) is 0 Å². The zero-order valence-corrected chi connectivity index (χ0v) is 10.0. The largest absolute Gasteiger partial charge is 1.00 e. The quantitative estimate of drug-likeness (QED) is 0.422. The Hall–Kier alpha value is 1.37. The molecule has 2 nitrogen and oxygen atoms in total. The van der Waals surface area contributed by atoms with Gasteiger partial charge in [-0.2, -0.15) is 0 Å². The summed E-state index contributed by atoms with van der Waals surface area (Å²) < 4.78 is 0. The average Bonchev–Trinajstić information content (AvgIpc) is 1.86. The molecule has 0 N–H and O–H groups in total. The van der Waals surface area contributed by atoms with Gasteiger partial charge in [0, 0.05) is 0 Å². The summed E-state index contributed by atoms with van der Waals surface area (Å²) in [5.74, 6) is 0. The van der Waals surface area contributed by atoms with Crippen LogP contribution in [0.4, 0.5) is 0 Å². The second kappa shape index (κ2) is 4.26. The number of rotatable bonds is 0. The van der Waals surface area contributed by atoms with Crippen LogP contribution in [-0.2, 0) is 0 Å². The number of aryl methyl sites for hydroxylation is 1. The first-order valence-electron chi connectivity index (χ1n) is 1.56. The van der Waals surface area contributed by atoms with E-state index in [2.05, 4.69) is 15.7 Å². The van der Waals surface area contributed by atoms with Crippen molar-refractivity contribution in [3.63, 3.8) is 0 Å². The molecule has 1 aromatic heterocycles. The summed E-state index contributed by atoms with van der Waals surface area (Å²) >= 11 is 1.43. The van der Waals surface area contributed by atoms with Crippen LogP contribution < -0.4 is 58.2 Å². The van der Waals surface area contributed by atoms with Gasteiger partial charge in [-0.1, -0.05) is 12.4 Å². The summed E-state index contributed by atoms with van der Waals surface area (Å²) in [6.45, 7) is 1.90. The van der Waals surface area contributed by atoms with Gasteiger partial charge in [0.05, 0.1) is 0 Å². The first-order chi connectivity index (χ1) is 2.89. The molecule has 0 unspecified atom stereocenters. The molecule has 0 bridgehead atoms. The predicted octanol–water partition coefficient (Wildman–Crippen LogP) is -2.35. The maximum atomic E-state index is 3.63. The molecule has 0 aliphatic rings. The number of hydrogen-bond acceptors (Lipinski definition) is 3. The third-order valence-electron chi connectivity index (χ3n) is 0.425. The van der Waals surface area contributed by atoms with E-state index in [4.69, 9.17) is 0 Å². The fourth-order valence-electron chi connectivity index (χ4n) is 0.198. The van der Waals surface area contributed by atoms with E-state index in [-0.39, 0.29) is 58.2 Å². The maximum Gasteiger partial charge on any atom is 1.00 e. The van der Waals surface area contributed by atoms with E-state index in [1.807, 2.05) is 6.92 Å². The summed E-state index contributed by atoms with van der Waals surface area (Å²) in [5, 5.41) is 8.06. The molecule has 1 aromatic rings. The van der Waals surface area contributed by atoms with Crippen molar-refractivity contribution in [1.82, 2.24) is 10.2 Å². The van der Waals surface area contributed by atoms with Crippen LogP contribution in [-0.4, -0.2) is 10.2 Å². The number of aromatic nitrogens is 2. The Labute approximate surface area is 95.1 Å². The fourth-order valence-corrected chi connectivity index (χ4v) is 0.493. The minimum Gasteiger partial charge on any atom is -0.316 e. The van der Waals surface area contributed by atoms with Crippen molar-refractivity contribution in [3.05, 3.63) is 10.5 Å². The van der Waals surface area contributed by atoms with E-state index in [9.17, 15) is 0 Å². The summed E-state index contributed by atoms with van der Waals surface area (Å²) in [7, 11) is 0. The summed E-state index contributed by atoms with van der Waals surface area (Å²) in [5.41, 5.74) is 2.61. The smallest absolute Gasteiger partial charge is 0.316 e.